The number of pyridine rings is 1. The minimum Gasteiger partial charge on any atom is -0.377 e. The third-order valence-electron chi connectivity index (χ3n) is 1.22. The van der Waals surface area contributed by atoms with Crippen LogP contribution in [0.25, 0.3) is 10.2 Å². The standard InChI is InChI=1S/C7H5NS.CH4N2S/c1-2-7-6(8-4-1)3-5-9-7;2-1(3)4/h1-5H;(H4,2,3,4). The highest BCUT2D eigenvalue weighted by atomic mass is 32.1. The van der Waals surface area contributed by atoms with Crippen LogP contribution in [0.15, 0.2) is 29.8 Å². The molecule has 2 aromatic rings. The second-order valence-electron chi connectivity index (χ2n) is 2.21. The van der Waals surface area contributed by atoms with E-state index in [0.717, 1.165) is 5.52 Å². The molecule has 0 radical (unpaired) electrons. The summed E-state index contributed by atoms with van der Waals surface area (Å²) in [5.41, 5.74) is 10.3. The summed E-state index contributed by atoms with van der Waals surface area (Å²) in [6.07, 6.45) is 1.81. The maximum atomic E-state index is 4.62. The van der Waals surface area contributed by atoms with Crippen LogP contribution in [-0.2, 0) is 0 Å². The quantitative estimate of drug-likeness (QED) is 0.648. The van der Waals surface area contributed by atoms with Gasteiger partial charge in [-0.1, -0.05) is 0 Å². The number of aromatic nitrogens is 1. The molecule has 2 rings (SSSR count). The van der Waals surface area contributed by atoms with Gasteiger partial charge in [0.15, 0.2) is 5.11 Å². The predicted molar refractivity (Wildman–Crippen MR) is 60.6 cm³/mol. The highest BCUT2D eigenvalue weighted by molar-refractivity contribution is 7.80. The maximum absolute atomic E-state index is 4.62. The molecular formula is C8H9N3S2. The Morgan fingerprint density at radius 2 is 2.08 bits per heavy atom. The fourth-order valence-electron chi connectivity index (χ4n) is 0.799. The number of hydrogen-bond donors (Lipinski definition) is 2. The van der Waals surface area contributed by atoms with Crippen molar-refractivity contribution in [2.45, 2.75) is 0 Å². The van der Waals surface area contributed by atoms with Crippen LogP contribution in [-0.4, -0.2) is 10.1 Å². The molecule has 0 amide bonds. The molecule has 0 atom stereocenters. The Balaban J connectivity index is 0.000000184. The molecule has 0 aliphatic rings. The number of nitrogens with zero attached hydrogens (tertiary/aromatic N) is 1. The van der Waals surface area contributed by atoms with Crippen molar-refractivity contribution in [1.82, 2.24) is 4.98 Å². The number of fused-ring (bicyclic) bond motifs is 1. The van der Waals surface area contributed by atoms with Gasteiger partial charge in [-0.2, -0.15) is 0 Å². The molecule has 3 nitrogen and oxygen atoms in total. The number of hydrogen-bond acceptors (Lipinski definition) is 3. The van der Waals surface area contributed by atoms with Crippen molar-refractivity contribution in [1.29, 1.82) is 0 Å². The summed E-state index contributed by atoms with van der Waals surface area (Å²) in [6, 6.07) is 6.06. The van der Waals surface area contributed by atoms with Gasteiger partial charge in [0.25, 0.3) is 0 Å². The fraction of sp³-hybridized carbons (Fsp3) is 0. The molecule has 0 unspecified atom stereocenters. The van der Waals surface area contributed by atoms with Crippen LogP contribution in [0.3, 0.4) is 0 Å². The zero-order valence-corrected chi connectivity index (χ0v) is 8.44. The average molecular weight is 211 g/mol. The summed E-state index contributed by atoms with van der Waals surface area (Å²) in [4.78, 5) is 4.15. The monoisotopic (exact) mass is 211 g/mol. The third-order valence-corrected chi connectivity index (χ3v) is 2.09. The van der Waals surface area contributed by atoms with Gasteiger partial charge in [-0.25, -0.2) is 0 Å². The number of thiocarbonyl (C=S) groups is 1. The molecule has 0 aromatic carbocycles. The van der Waals surface area contributed by atoms with Crippen LogP contribution in [0.2, 0.25) is 0 Å². The van der Waals surface area contributed by atoms with Crippen molar-refractivity contribution in [2.24, 2.45) is 11.5 Å². The van der Waals surface area contributed by atoms with Crippen LogP contribution in [0.5, 0.6) is 0 Å². The Morgan fingerprint density at radius 3 is 2.69 bits per heavy atom. The molecule has 4 N–H and O–H groups in total. The summed E-state index contributed by atoms with van der Waals surface area (Å²) in [5.74, 6) is 0. The third kappa shape index (κ3) is 3.35. The Bertz CT molecular complexity index is 363. The van der Waals surface area contributed by atoms with Gasteiger partial charge in [0.2, 0.25) is 0 Å². The first-order valence-electron chi connectivity index (χ1n) is 3.53. The van der Waals surface area contributed by atoms with E-state index in [0.29, 0.717) is 0 Å². The molecule has 2 heterocycles. The van der Waals surface area contributed by atoms with E-state index in [1.807, 2.05) is 18.3 Å². The molecular weight excluding hydrogens is 202 g/mol. The smallest absolute Gasteiger partial charge is 0.160 e. The Hall–Kier alpha value is -1.20. The number of nitrogens with two attached hydrogens (primary N) is 2. The Kier molecular flexibility index (Phi) is 3.60. The summed E-state index contributed by atoms with van der Waals surface area (Å²) < 4.78 is 1.26. The molecule has 0 spiro atoms. The van der Waals surface area contributed by atoms with Crippen molar-refractivity contribution in [3.63, 3.8) is 0 Å². The zero-order valence-electron chi connectivity index (χ0n) is 6.81. The first-order chi connectivity index (χ1) is 6.20. The first-order valence-corrected chi connectivity index (χ1v) is 4.82. The van der Waals surface area contributed by atoms with E-state index in [1.54, 1.807) is 11.3 Å². The minimum atomic E-state index is 0.000000000000000222. The summed E-state index contributed by atoms with van der Waals surface area (Å²) in [7, 11) is 0. The molecule has 0 aliphatic heterocycles. The van der Waals surface area contributed by atoms with Gasteiger partial charge in [-0.3, -0.25) is 4.98 Å². The molecule has 0 aliphatic carbocycles. The van der Waals surface area contributed by atoms with Crippen molar-refractivity contribution in [3.05, 3.63) is 29.8 Å². The molecule has 0 bridgehead atoms. The van der Waals surface area contributed by atoms with E-state index >= 15 is 0 Å². The van der Waals surface area contributed by atoms with E-state index < -0.39 is 0 Å². The summed E-state index contributed by atoms with van der Waals surface area (Å²) >= 11 is 5.82. The van der Waals surface area contributed by atoms with Gasteiger partial charge in [0.05, 0.1) is 10.2 Å². The lowest BCUT2D eigenvalue weighted by atomic mass is 10.4. The first kappa shape index (κ1) is 9.88. The zero-order chi connectivity index (χ0) is 9.68. The summed E-state index contributed by atoms with van der Waals surface area (Å²) in [5, 5.41) is 2.05. The predicted octanol–water partition coefficient (Wildman–Crippen LogP) is 1.48. The fourth-order valence-corrected chi connectivity index (χ4v) is 1.54. The molecule has 0 fully saturated rings. The van der Waals surface area contributed by atoms with Crippen LogP contribution in [0, 0.1) is 0 Å². The lowest BCUT2D eigenvalue weighted by molar-refractivity contribution is 1.43. The van der Waals surface area contributed by atoms with Gasteiger partial charge >= 0.3 is 0 Å². The molecule has 2 aromatic heterocycles. The van der Waals surface area contributed by atoms with Gasteiger partial charge in [-0.15, -0.1) is 11.3 Å². The van der Waals surface area contributed by atoms with Crippen molar-refractivity contribution >= 4 is 38.9 Å². The lowest BCUT2D eigenvalue weighted by Crippen LogP contribution is -2.18. The van der Waals surface area contributed by atoms with E-state index in [1.165, 1.54) is 4.70 Å². The van der Waals surface area contributed by atoms with Gasteiger partial charge in [0, 0.05) is 6.20 Å². The van der Waals surface area contributed by atoms with Gasteiger partial charge < -0.3 is 11.5 Å². The molecule has 0 saturated carbocycles. The van der Waals surface area contributed by atoms with Crippen LogP contribution in [0.1, 0.15) is 0 Å². The van der Waals surface area contributed by atoms with Crippen molar-refractivity contribution < 1.29 is 0 Å². The maximum Gasteiger partial charge on any atom is 0.160 e. The highest BCUT2D eigenvalue weighted by Gasteiger charge is 1.89. The topological polar surface area (TPSA) is 64.9 Å². The SMILES string of the molecule is NC(N)=S.c1cnc2ccsc2c1. The van der Waals surface area contributed by atoms with E-state index in [-0.39, 0.29) is 5.11 Å². The molecule has 68 valence electrons. The van der Waals surface area contributed by atoms with Crippen molar-refractivity contribution in [2.75, 3.05) is 0 Å². The van der Waals surface area contributed by atoms with Crippen LogP contribution in [0.4, 0.5) is 0 Å². The Labute approximate surface area is 85.4 Å². The Morgan fingerprint density at radius 1 is 1.38 bits per heavy atom. The van der Waals surface area contributed by atoms with Crippen molar-refractivity contribution in [3.8, 4) is 0 Å². The van der Waals surface area contributed by atoms with Gasteiger partial charge in [0.1, 0.15) is 0 Å². The molecule has 5 heteroatoms. The lowest BCUT2D eigenvalue weighted by Gasteiger charge is -1.81. The number of thiophene rings is 1. The molecule has 13 heavy (non-hydrogen) atoms. The second kappa shape index (κ2) is 4.74. The average Bonchev–Trinajstić information content (AvgIpc) is 2.49. The normalized spacial score (nSPS) is 8.92. The second-order valence-corrected chi connectivity index (χ2v) is 3.63. The van der Waals surface area contributed by atoms with Gasteiger partial charge in [-0.05, 0) is 35.8 Å². The van der Waals surface area contributed by atoms with E-state index in [4.69, 9.17) is 0 Å². The summed E-state index contributed by atoms with van der Waals surface area (Å²) in [6.45, 7) is 0. The highest BCUT2D eigenvalue weighted by Crippen LogP contribution is 2.16. The number of rotatable bonds is 0. The van der Waals surface area contributed by atoms with E-state index in [9.17, 15) is 0 Å². The van der Waals surface area contributed by atoms with Crippen LogP contribution >= 0.6 is 23.6 Å². The largest absolute Gasteiger partial charge is 0.377 e. The van der Waals surface area contributed by atoms with Crippen LogP contribution < -0.4 is 11.5 Å². The van der Waals surface area contributed by atoms with E-state index in [2.05, 4.69) is 40.1 Å². The minimum absolute atomic E-state index is 0.000000000000000222. The molecule has 0 saturated heterocycles.